The molecule has 0 aliphatic carbocycles. The van der Waals surface area contributed by atoms with Crippen molar-refractivity contribution in [3.8, 4) is 11.5 Å². The van der Waals surface area contributed by atoms with Gasteiger partial charge in [-0.05, 0) is 42.5 Å². The van der Waals surface area contributed by atoms with E-state index in [2.05, 4.69) is 33.0 Å². The molecule has 0 bridgehead atoms. The van der Waals surface area contributed by atoms with Crippen LogP contribution in [0.4, 0.5) is 0 Å². The Morgan fingerprint density at radius 1 is 1.16 bits per heavy atom. The van der Waals surface area contributed by atoms with Gasteiger partial charge in [0.15, 0.2) is 17.5 Å². The maximum Gasteiger partial charge on any atom is 0.231 e. The highest BCUT2D eigenvalue weighted by Gasteiger charge is 2.12. The quantitative estimate of drug-likeness (QED) is 0.453. The topological polar surface area (TPSA) is 72.7 Å². The van der Waals surface area contributed by atoms with Gasteiger partial charge in [-0.25, -0.2) is 0 Å². The molecule has 0 amide bonds. The van der Waals surface area contributed by atoms with Gasteiger partial charge in [0.05, 0.1) is 6.20 Å². The van der Waals surface area contributed by atoms with Crippen molar-refractivity contribution >= 4 is 5.96 Å². The zero-order valence-electron chi connectivity index (χ0n) is 14.8. The number of hydrogen-bond donors (Lipinski definition) is 2. The number of hydrogen-bond acceptors (Lipinski definition) is 4. The lowest BCUT2D eigenvalue weighted by atomic mass is 10.1. The van der Waals surface area contributed by atoms with Crippen LogP contribution in [0, 0.1) is 0 Å². The van der Waals surface area contributed by atoms with Crippen molar-refractivity contribution in [2.75, 3.05) is 26.9 Å². The minimum Gasteiger partial charge on any atom is -0.454 e. The average Bonchev–Trinajstić information content (AvgIpc) is 3.25. The molecule has 2 N–H and O–H groups in total. The van der Waals surface area contributed by atoms with Crippen LogP contribution >= 0.6 is 0 Å². The molecular weight excluding hydrogens is 318 g/mol. The van der Waals surface area contributed by atoms with Crippen LogP contribution in [0.15, 0.2) is 35.6 Å². The fourth-order valence-corrected chi connectivity index (χ4v) is 2.74. The number of aryl methyl sites for hydroxylation is 2. The molecule has 1 aromatic carbocycles. The highest BCUT2D eigenvalue weighted by Crippen LogP contribution is 2.32. The minimum absolute atomic E-state index is 0.312. The Bertz CT molecular complexity index is 726. The molecule has 0 atom stereocenters. The largest absolute Gasteiger partial charge is 0.454 e. The number of aromatic nitrogens is 2. The van der Waals surface area contributed by atoms with Gasteiger partial charge in [0.2, 0.25) is 6.79 Å². The molecule has 2 aromatic rings. The molecule has 0 saturated heterocycles. The second-order valence-corrected chi connectivity index (χ2v) is 5.99. The first-order valence-electron chi connectivity index (χ1n) is 8.55. The van der Waals surface area contributed by atoms with Crippen LogP contribution in [0.2, 0.25) is 0 Å². The van der Waals surface area contributed by atoms with Gasteiger partial charge in [-0.15, -0.1) is 0 Å². The van der Waals surface area contributed by atoms with Crippen LogP contribution in [-0.4, -0.2) is 42.7 Å². The van der Waals surface area contributed by atoms with Gasteiger partial charge in [-0.3, -0.25) is 9.67 Å². The number of ether oxygens (including phenoxy) is 2. The first kappa shape index (κ1) is 17.1. The summed E-state index contributed by atoms with van der Waals surface area (Å²) < 4.78 is 12.6. The lowest BCUT2D eigenvalue weighted by Crippen LogP contribution is -2.38. The number of nitrogens with one attached hydrogen (secondary N) is 2. The maximum absolute atomic E-state index is 5.41. The highest BCUT2D eigenvalue weighted by atomic mass is 16.7. The number of rotatable bonds is 7. The summed E-state index contributed by atoms with van der Waals surface area (Å²) in [6, 6.07) is 6.07. The third-order valence-electron chi connectivity index (χ3n) is 4.06. The van der Waals surface area contributed by atoms with E-state index >= 15 is 0 Å². The van der Waals surface area contributed by atoms with Crippen LogP contribution in [0.5, 0.6) is 11.5 Å². The van der Waals surface area contributed by atoms with E-state index in [-0.39, 0.29) is 0 Å². The summed E-state index contributed by atoms with van der Waals surface area (Å²) in [6.45, 7) is 1.99. The summed E-state index contributed by atoms with van der Waals surface area (Å²) in [5, 5.41) is 10.9. The Kier molecular flexibility index (Phi) is 5.77. The van der Waals surface area contributed by atoms with Gasteiger partial charge in [0.25, 0.3) is 0 Å². The molecule has 25 heavy (non-hydrogen) atoms. The zero-order chi connectivity index (χ0) is 17.5. The zero-order valence-corrected chi connectivity index (χ0v) is 14.8. The predicted octanol–water partition coefficient (Wildman–Crippen LogP) is 1.49. The standard InChI is InChI=1S/C18H25N5O2/c1-19-18(20-8-3-4-15-11-22-23(2)12-15)21-9-7-14-5-6-16-17(10-14)25-13-24-16/h5-6,10-12H,3-4,7-9,13H2,1-2H3,(H2,19,20,21). The molecular formula is C18H25N5O2. The van der Waals surface area contributed by atoms with Crippen molar-refractivity contribution in [2.45, 2.75) is 19.3 Å². The Hall–Kier alpha value is -2.70. The summed E-state index contributed by atoms with van der Waals surface area (Å²) in [4.78, 5) is 4.26. The second kappa shape index (κ2) is 8.41. The molecule has 7 nitrogen and oxygen atoms in total. The van der Waals surface area contributed by atoms with Crippen molar-refractivity contribution in [3.63, 3.8) is 0 Å². The Morgan fingerprint density at radius 3 is 2.80 bits per heavy atom. The Morgan fingerprint density at radius 2 is 2.00 bits per heavy atom. The molecule has 1 aliphatic heterocycles. The number of aliphatic imine (C=N–C) groups is 1. The molecule has 0 unspecified atom stereocenters. The van der Waals surface area contributed by atoms with Crippen molar-refractivity contribution < 1.29 is 9.47 Å². The van der Waals surface area contributed by atoms with Crippen molar-refractivity contribution in [3.05, 3.63) is 41.7 Å². The number of fused-ring (bicyclic) bond motifs is 1. The molecule has 0 fully saturated rings. The summed E-state index contributed by atoms with van der Waals surface area (Å²) in [6.07, 6.45) is 6.91. The summed E-state index contributed by atoms with van der Waals surface area (Å²) in [5.74, 6) is 2.48. The lowest BCUT2D eigenvalue weighted by Gasteiger charge is -2.12. The van der Waals surface area contributed by atoms with E-state index in [0.717, 1.165) is 49.8 Å². The molecule has 1 aliphatic rings. The lowest BCUT2D eigenvalue weighted by molar-refractivity contribution is 0.174. The normalized spacial score (nSPS) is 13.1. The van der Waals surface area contributed by atoms with Crippen molar-refractivity contribution in [2.24, 2.45) is 12.0 Å². The molecule has 3 rings (SSSR count). The third kappa shape index (κ3) is 4.89. The van der Waals surface area contributed by atoms with E-state index < -0.39 is 0 Å². The van der Waals surface area contributed by atoms with E-state index in [1.54, 1.807) is 7.05 Å². The van der Waals surface area contributed by atoms with Gasteiger partial charge in [-0.2, -0.15) is 5.10 Å². The SMILES string of the molecule is CN=C(NCCCc1cnn(C)c1)NCCc1ccc2c(c1)OCO2. The Balaban J connectivity index is 1.35. The smallest absolute Gasteiger partial charge is 0.231 e. The molecule has 134 valence electrons. The summed E-state index contributed by atoms with van der Waals surface area (Å²) >= 11 is 0. The maximum atomic E-state index is 5.41. The van der Waals surface area contributed by atoms with Gasteiger partial charge < -0.3 is 20.1 Å². The summed E-state index contributed by atoms with van der Waals surface area (Å²) in [5.41, 5.74) is 2.47. The molecule has 2 heterocycles. The third-order valence-corrected chi connectivity index (χ3v) is 4.06. The van der Waals surface area contributed by atoms with E-state index in [4.69, 9.17) is 9.47 Å². The first-order valence-corrected chi connectivity index (χ1v) is 8.55. The van der Waals surface area contributed by atoms with E-state index in [0.29, 0.717) is 6.79 Å². The van der Waals surface area contributed by atoms with Crippen LogP contribution < -0.4 is 20.1 Å². The monoisotopic (exact) mass is 343 g/mol. The fourth-order valence-electron chi connectivity index (χ4n) is 2.74. The van der Waals surface area contributed by atoms with E-state index in [1.165, 1.54) is 11.1 Å². The molecule has 1 aromatic heterocycles. The number of benzene rings is 1. The van der Waals surface area contributed by atoms with Crippen molar-refractivity contribution in [1.29, 1.82) is 0 Å². The molecule has 7 heteroatoms. The molecule has 0 radical (unpaired) electrons. The van der Waals surface area contributed by atoms with Crippen LogP contribution in [0.3, 0.4) is 0 Å². The van der Waals surface area contributed by atoms with Crippen LogP contribution in [0.1, 0.15) is 17.5 Å². The van der Waals surface area contributed by atoms with Gasteiger partial charge in [0.1, 0.15) is 0 Å². The molecule has 0 saturated carbocycles. The van der Waals surface area contributed by atoms with E-state index in [9.17, 15) is 0 Å². The van der Waals surface area contributed by atoms with Gasteiger partial charge >= 0.3 is 0 Å². The predicted molar refractivity (Wildman–Crippen MR) is 97.2 cm³/mol. The van der Waals surface area contributed by atoms with Crippen molar-refractivity contribution in [1.82, 2.24) is 20.4 Å². The number of nitrogens with zero attached hydrogens (tertiary/aromatic N) is 3. The van der Waals surface area contributed by atoms with E-state index in [1.807, 2.05) is 30.1 Å². The van der Waals surface area contributed by atoms with Crippen LogP contribution in [-0.2, 0) is 19.9 Å². The second-order valence-electron chi connectivity index (χ2n) is 5.99. The van der Waals surface area contributed by atoms with Gasteiger partial charge in [-0.1, -0.05) is 6.07 Å². The van der Waals surface area contributed by atoms with Gasteiger partial charge in [0, 0.05) is 33.4 Å². The summed E-state index contributed by atoms with van der Waals surface area (Å²) in [7, 11) is 3.73. The highest BCUT2D eigenvalue weighted by molar-refractivity contribution is 5.79. The Labute approximate surface area is 148 Å². The minimum atomic E-state index is 0.312. The fraction of sp³-hybridized carbons (Fsp3) is 0.444. The van der Waals surface area contributed by atoms with Crippen LogP contribution in [0.25, 0.3) is 0 Å². The average molecular weight is 343 g/mol. The first-order chi connectivity index (χ1) is 12.2. The number of guanidine groups is 1. The molecule has 0 spiro atoms.